The van der Waals surface area contributed by atoms with E-state index in [-0.39, 0.29) is 17.7 Å². The van der Waals surface area contributed by atoms with Crippen molar-refractivity contribution in [2.75, 3.05) is 14.1 Å². The molecule has 7 nitrogen and oxygen atoms in total. The number of fused-ring (bicyclic) bond motifs is 3. The number of aryl methyl sites for hydroxylation is 1. The molecule has 0 saturated heterocycles. The summed E-state index contributed by atoms with van der Waals surface area (Å²) in [7, 11) is 3.35. The number of carboxylic acid groups (broad SMARTS) is 1. The highest BCUT2D eigenvalue weighted by atomic mass is 16.5. The number of rotatable bonds is 3. The maximum atomic E-state index is 12.8. The molecular weight excluding hydrogens is 358 g/mol. The summed E-state index contributed by atoms with van der Waals surface area (Å²) in [6, 6.07) is 9.86. The fourth-order valence-electron chi connectivity index (χ4n) is 3.73. The first-order valence-electron chi connectivity index (χ1n) is 9.09. The Labute approximate surface area is 162 Å². The van der Waals surface area contributed by atoms with Crippen LogP contribution in [0.1, 0.15) is 50.2 Å². The van der Waals surface area contributed by atoms with E-state index in [1.165, 1.54) is 9.30 Å². The van der Waals surface area contributed by atoms with Gasteiger partial charge in [-0.25, -0.2) is 9.78 Å². The lowest BCUT2D eigenvalue weighted by molar-refractivity contribution is 0.0687. The Balaban J connectivity index is 1.95. The first-order valence-corrected chi connectivity index (χ1v) is 9.09. The van der Waals surface area contributed by atoms with E-state index in [9.17, 15) is 14.7 Å². The van der Waals surface area contributed by atoms with Crippen molar-refractivity contribution in [3.05, 3.63) is 64.6 Å². The van der Waals surface area contributed by atoms with Gasteiger partial charge in [0.15, 0.2) is 17.1 Å². The van der Waals surface area contributed by atoms with Crippen molar-refractivity contribution in [2.24, 2.45) is 0 Å². The second-order valence-electron chi connectivity index (χ2n) is 7.15. The molecule has 144 valence electrons. The van der Waals surface area contributed by atoms with Crippen LogP contribution in [0.15, 0.2) is 36.5 Å². The number of aromatic carboxylic acids is 1. The fourth-order valence-corrected chi connectivity index (χ4v) is 3.73. The number of aromatic nitrogens is 2. The van der Waals surface area contributed by atoms with Crippen LogP contribution in [0, 0.1) is 6.92 Å². The Morgan fingerprint density at radius 1 is 1.25 bits per heavy atom. The van der Waals surface area contributed by atoms with Crippen molar-refractivity contribution >= 4 is 17.5 Å². The van der Waals surface area contributed by atoms with E-state index in [0.717, 1.165) is 17.5 Å². The summed E-state index contributed by atoms with van der Waals surface area (Å²) in [6.45, 7) is 1.65. The standard InChI is InChI=1S/C21H21N3O4/c1-12-17(21(26)27)24-11-15(20(25)23(2)3)14-9-10-16(13-7-5-4-6-8-13)28-18(14)19(24)22-12/h4-8,11,16H,9-10H2,1-3H3,(H,26,27). The second kappa shape index (κ2) is 6.67. The Kier molecular flexibility index (Phi) is 4.30. The van der Waals surface area contributed by atoms with Gasteiger partial charge in [0.1, 0.15) is 6.10 Å². The molecule has 1 amide bonds. The summed E-state index contributed by atoms with van der Waals surface area (Å²) in [5, 5.41) is 9.63. The maximum Gasteiger partial charge on any atom is 0.354 e. The average molecular weight is 379 g/mol. The zero-order valence-corrected chi connectivity index (χ0v) is 16.0. The minimum Gasteiger partial charge on any atom is -0.481 e. The molecule has 1 aromatic carbocycles. The van der Waals surface area contributed by atoms with E-state index in [1.807, 2.05) is 30.3 Å². The topological polar surface area (TPSA) is 84.1 Å². The van der Waals surface area contributed by atoms with Gasteiger partial charge in [-0.3, -0.25) is 9.20 Å². The van der Waals surface area contributed by atoms with E-state index < -0.39 is 5.97 Å². The third kappa shape index (κ3) is 2.79. The van der Waals surface area contributed by atoms with Crippen LogP contribution in [0.2, 0.25) is 0 Å². The molecule has 7 heteroatoms. The predicted octanol–water partition coefficient (Wildman–Crippen LogP) is 3.11. The molecule has 1 unspecified atom stereocenters. The quantitative estimate of drug-likeness (QED) is 0.756. The molecule has 28 heavy (non-hydrogen) atoms. The number of carbonyl (C=O) groups excluding carboxylic acids is 1. The van der Waals surface area contributed by atoms with Crippen LogP contribution in [-0.2, 0) is 6.42 Å². The van der Waals surface area contributed by atoms with Crippen molar-refractivity contribution in [3.8, 4) is 5.75 Å². The van der Waals surface area contributed by atoms with Gasteiger partial charge in [-0.2, -0.15) is 0 Å². The monoisotopic (exact) mass is 379 g/mol. The fraction of sp³-hybridized carbons (Fsp3) is 0.286. The van der Waals surface area contributed by atoms with Gasteiger partial charge in [0.25, 0.3) is 5.91 Å². The van der Waals surface area contributed by atoms with Gasteiger partial charge in [-0.1, -0.05) is 30.3 Å². The number of hydrogen-bond donors (Lipinski definition) is 1. The van der Waals surface area contributed by atoms with Crippen LogP contribution in [0.4, 0.5) is 0 Å². The van der Waals surface area contributed by atoms with E-state index in [4.69, 9.17) is 4.74 Å². The van der Waals surface area contributed by atoms with Gasteiger partial charge >= 0.3 is 5.97 Å². The average Bonchev–Trinajstić information content (AvgIpc) is 3.03. The van der Waals surface area contributed by atoms with Crippen molar-refractivity contribution in [1.29, 1.82) is 0 Å². The molecule has 1 atom stereocenters. The van der Waals surface area contributed by atoms with Gasteiger partial charge in [0, 0.05) is 25.9 Å². The Hall–Kier alpha value is -3.35. The molecular formula is C21H21N3O4. The number of carboxylic acids is 1. The highest BCUT2D eigenvalue weighted by Crippen LogP contribution is 2.40. The van der Waals surface area contributed by atoms with Gasteiger partial charge in [0.05, 0.1) is 11.3 Å². The van der Waals surface area contributed by atoms with E-state index in [2.05, 4.69) is 4.98 Å². The van der Waals surface area contributed by atoms with Crippen LogP contribution >= 0.6 is 0 Å². The maximum absolute atomic E-state index is 12.8. The van der Waals surface area contributed by atoms with Gasteiger partial charge in [-0.15, -0.1) is 0 Å². The zero-order chi connectivity index (χ0) is 20.0. The molecule has 0 radical (unpaired) electrons. The van der Waals surface area contributed by atoms with Crippen molar-refractivity contribution in [1.82, 2.24) is 14.3 Å². The number of imidazole rings is 1. The van der Waals surface area contributed by atoms with Gasteiger partial charge in [0.2, 0.25) is 0 Å². The lowest BCUT2D eigenvalue weighted by atomic mass is 9.95. The van der Waals surface area contributed by atoms with Crippen molar-refractivity contribution in [3.63, 3.8) is 0 Å². The lowest BCUT2D eigenvalue weighted by Crippen LogP contribution is -2.26. The van der Waals surface area contributed by atoms with E-state index >= 15 is 0 Å². The second-order valence-corrected chi connectivity index (χ2v) is 7.15. The molecule has 0 bridgehead atoms. The minimum absolute atomic E-state index is 0.0380. The predicted molar refractivity (Wildman–Crippen MR) is 103 cm³/mol. The molecule has 2 aromatic heterocycles. The molecule has 3 heterocycles. The minimum atomic E-state index is -1.09. The molecule has 0 saturated carbocycles. The summed E-state index contributed by atoms with van der Waals surface area (Å²) < 4.78 is 7.76. The molecule has 0 fully saturated rings. The van der Waals surface area contributed by atoms with Crippen LogP contribution in [0.5, 0.6) is 5.75 Å². The SMILES string of the molecule is Cc1nc2c3c(c(C(=O)N(C)C)cn2c1C(=O)O)CCC(c1ccccc1)O3. The number of hydrogen-bond acceptors (Lipinski definition) is 4. The van der Waals surface area contributed by atoms with Crippen molar-refractivity contribution < 1.29 is 19.4 Å². The lowest BCUT2D eigenvalue weighted by Gasteiger charge is -2.28. The van der Waals surface area contributed by atoms with Gasteiger partial charge in [-0.05, 0) is 25.3 Å². The smallest absolute Gasteiger partial charge is 0.354 e. The normalized spacial score (nSPS) is 15.8. The summed E-state index contributed by atoms with van der Waals surface area (Å²) >= 11 is 0. The first kappa shape index (κ1) is 18.0. The number of amides is 1. The van der Waals surface area contributed by atoms with Crippen LogP contribution in [0.3, 0.4) is 0 Å². The van der Waals surface area contributed by atoms with Crippen LogP contribution in [-0.4, -0.2) is 45.4 Å². The summed E-state index contributed by atoms with van der Waals surface area (Å²) in [6.07, 6.45) is 2.78. The Bertz CT molecular complexity index is 1090. The largest absolute Gasteiger partial charge is 0.481 e. The molecule has 3 aromatic rings. The van der Waals surface area contributed by atoms with Crippen LogP contribution < -0.4 is 4.74 Å². The molecule has 0 aliphatic carbocycles. The molecule has 1 aliphatic rings. The molecule has 1 N–H and O–H groups in total. The summed E-state index contributed by atoms with van der Waals surface area (Å²) in [4.78, 5) is 30.5. The number of pyridine rings is 1. The Morgan fingerprint density at radius 3 is 2.61 bits per heavy atom. The van der Waals surface area contributed by atoms with Gasteiger partial charge < -0.3 is 14.7 Å². The molecule has 0 spiro atoms. The molecule has 1 aliphatic heterocycles. The highest BCUT2D eigenvalue weighted by Gasteiger charge is 2.31. The first-order chi connectivity index (χ1) is 13.4. The third-order valence-electron chi connectivity index (χ3n) is 5.07. The highest BCUT2D eigenvalue weighted by molar-refractivity contribution is 5.97. The number of carbonyl (C=O) groups is 2. The number of ether oxygens (including phenoxy) is 1. The summed E-state index contributed by atoms with van der Waals surface area (Å²) in [5.74, 6) is -0.797. The molecule has 4 rings (SSSR count). The number of nitrogens with zero attached hydrogens (tertiary/aromatic N) is 3. The van der Waals surface area contributed by atoms with E-state index in [1.54, 1.807) is 27.2 Å². The third-order valence-corrected chi connectivity index (χ3v) is 5.07. The summed E-state index contributed by atoms with van der Waals surface area (Å²) in [5.41, 5.74) is 3.11. The number of benzene rings is 1. The Morgan fingerprint density at radius 2 is 1.96 bits per heavy atom. The zero-order valence-electron chi connectivity index (χ0n) is 16.0. The van der Waals surface area contributed by atoms with E-state index in [0.29, 0.717) is 29.1 Å². The van der Waals surface area contributed by atoms with Crippen LogP contribution in [0.25, 0.3) is 5.65 Å². The van der Waals surface area contributed by atoms with Crippen molar-refractivity contribution in [2.45, 2.75) is 25.9 Å².